The van der Waals surface area contributed by atoms with Gasteiger partial charge in [-0.15, -0.1) is 0 Å². The number of carboxylic acid groups (broad SMARTS) is 1. The quantitative estimate of drug-likeness (QED) is 0.401. The highest BCUT2D eigenvalue weighted by Gasteiger charge is 2.27. The summed E-state index contributed by atoms with van der Waals surface area (Å²) in [6.45, 7) is 1.24. The van der Waals surface area contributed by atoms with Crippen molar-refractivity contribution in [1.29, 1.82) is 0 Å². The van der Waals surface area contributed by atoms with Crippen LogP contribution in [0.2, 0.25) is 5.02 Å². The number of aryl methyl sites for hydroxylation is 1. The topological polar surface area (TPSA) is 90.5 Å². The molecule has 3 aliphatic rings. The molecular formula is C31H37ClN2O4. The molecule has 0 atom stereocenters. The zero-order valence-electron chi connectivity index (χ0n) is 21.9. The van der Waals surface area contributed by atoms with Gasteiger partial charge in [0.2, 0.25) is 5.91 Å². The highest BCUT2D eigenvalue weighted by atomic mass is 35.5. The van der Waals surface area contributed by atoms with E-state index >= 15 is 0 Å². The Morgan fingerprint density at radius 1 is 1.03 bits per heavy atom. The number of aromatic amines is 1. The molecule has 1 amide bonds. The molecule has 0 unspecified atom stereocenters. The number of carboxylic acids is 1. The third-order valence-corrected chi connectivity index (χ3v) is 8.80. The van der Waals surface area contributed by atoms with Crippen molar-refractivity contribution in [3.05, 3.63) is 74.2 Å². The molecule has 2 saturated carbocycles. The molecule has 0 spiro atoms. The van der Waals surface area contributed by atoms with Gasteiger partial charge in [-0.25, -0.2) is 0 Å². The van der Waals surface area contributed by atoms with E-state index in [4.69, 9.17) is 16.7 Å². The van der Waals surface area contributed by atoms with Gasteiger partial charge in [0.15, 0.2) is 0 Å². The molecule has 5 rings (SSSR count). The molecule has 1 aromatic heterocycles. The highest BCUT2D eigenvalue weighted by molar-refractivity contribution is 6.31. The number of piperidine rings is 1. The van der Waals surface area contributed by atoms with Gasteiger partial charge in [-0.1, -0.05) is 48.7 Å². The second-order valence-electron chi connectivity index (χ2n) is 11.3. The van der Waals surface area contributed by atoms with E-state index in [9.17, 15) is 14.4 Å². The summed E-state index contributed by atoms with van der Waals surface area (Å²) in [6.07, 6.45) is 11.9. The van der Waals surface area contributed by atoms with E-state index in [-0.39, 0.29) is 23.8 Å². The summed E-state index contributed by atoms with van der Waals surface area (Å²) >= 11 is 6.74. The largest absolute Gasteiger partial charge is 0.481 e. The number of benzene rings is 1. The molecule has 2 N–H and O–H groups in total. The molecule has 7 heteroatoms. The first-order chi connectivity index (χ1) is 18.4. The van der Waals surface area contributed by atoms with Gasteiger partial charge in [-0.3, -0.25) is 14.4 Å². The lowest BCUT2D eigenvalue weighted by atomic mass is 9.93. The van der Waals surface area contributed by atoms with Crippen LogP contribution in [0, 0.1) is 11.8 Å². The predicted octanol–water partition coefficient (Wildman–Crippen LogP) is 6.17. The van der Waals surface area contributed by atoms with Crippen LogP contribution < -0.4 is 5.56 Å². The number of rotatable bonds is 9. The first-order valence-electron chi connectivity index (χ1n) is 14.1. The molecule has 2 aromatic rings. The standard InChI is InChI=1S/C31H37ClN2O4/c32-27-19-24(8-7-23(27)9-12-29(35)34-15-13-21(14-16-34)18-30(36)37)26(17-20-3-1-2-4-20)28-11-10-25(22-5-6-22)31(38)33-28/h7-8,10-11,17,19-22H,1-6,9,12-16,18H2,(H,33,38)(H,36,37)/b26-17+. The van der Waals surface area contributed by atoms with Crippen molar-refractivity contribution in [3.8, 4) is 0 Å². The number of pyridine rings is 1. The zero-order valence-corrected chi connectivity index (χ0v) is 22.6. The maximum Gasteiger partial charge on any atom is 0.303 e. The SMILES string of the molecule is O=C(O)CC1CCN(C(=O)CCc2ccc(/C(=C\C3CCCC3)c3ccc(C4CC4)c(=O)[nH]3)cc2Cl)CC1. The molecule has 2 aliphatic carbocycles. The molecule has 1 aromatic carbocycles. The van der Waals surface area contributed by atoms with E-state index in [2.05, 4.69) is 17.1 Å². The van der Waals surface area contributed by atoms with Crippen molar-refractivity contribution in [1.82, 2.24) is 9.88 Å². The van der Waals surface area contributed by atoms with Gasteiger partial charge in [0.25, 0.3) is 5.56 Å². The Kier molecular flexibility index (Phi) is 8.37. The normalized spacial score (nSPS) is 19.2. The number of halogens is 1. The van der Waals surface area contributed by atoms with E-state index in [0.29, 0.717) is 42.8 Å². The fourth-order valence-electron chi connectivity index (χ4n) is 6.01. The monoisotopic (exact) mass is 536 g/mol. The average Bonchev–Trinajstić information content (AvgIpc) is 3.61. The summed E-state index contributed by atoms with van der Waals surface area (Å²) in [4.78, 5) is 41.5. The number of allylic oxidation sites excluding steroid dienone is 1. The van der Waals surface area contributed by atoms with Crippen molar-refractivity contribution in [2.75, 3.05) is 13.1 Å². The van der Waals surface area contributed by atoms with Crippen LogP contribution in [0.15, 0.2) is 41.2 Å². The van der Waals surface area contributed by atoms with Crippen LogP contribution in [0.5, 0.6) is 0 Å². The first kappa shape index (κ1) is 26.7. The second-order valence-corrected chi connectivity index (χ2v) is 11.7. The Hall–Kier alpha value is -2.86. The molecule has 1 saturated heterocycles. The minimum absolute atomic E-state index is 0.00976. The molecule has 38 heavy (non-hydrogen) atoms. The number of carbonyl (C=O) groups excluding carboxylic acids is 1. The first-order valence-corrected chi connectivity index (χ1v) is 14.5. The number of hydrogen-bond acceptors (Lipinski definition) is 3. The third kappa shape index (κ3) is 6.58. The summed E-state index contributed by atoms with van der Waals surface area (Å²) in [5.41, 5.74) is 4.66. The smallest absolute Gasteiger partial charge is 0.303 e. The molecule has 6 nitrogen and oxygen atoms in total. The molecular weight excluding hydrogens is 500 g/mol. The Morgan fingerprint density at radius 2 is 1.76 bits per heavy atom. The minimum Gasteiger partial charge on any atom is -0.481 e. The van der Waals surface area contributed by atoms with Gasteiger partial charge in [-0.05, 0) is 86.0 Å². The Morgan fingerprint density at radius 3 is 2.39 bits per heavy atom. The number of hydrogen-bond donors (Lipinski definition) is 2. The maximum absolute atomic E-state index is 12.8. The van der Waals surface area contributed by atoms with Crippen molar-refractivity contribution >= 4 is 29.1 Å². The maximum atomic E-state index is 12.8. The van der Waals surface area contributed by atoms with Crippen molar-refractivity contribution in [2.24, 2.45) is 11.8 Å². The second kappa shape index (κ2) is 11.9. The van der Waals surface area contributed by atoms with E-state index in [1.54, 1.807) is 0 Å². The van der Waals surface area contributed by atoms with Crippen LogP contribution in [0.1, 0.15) is 92.5 Å². The minimum atomic E-state index is -0.768. The number of nitrogens with one attached hydrogen (secondary N) is 1. The number of nitrogens with zero attached hydrogens (tertiary/aromatic N) is 1. The average molecular weight is 537 g/mol. The van der Waals surface area contributed by atoms with Crippen LogP contribution in [-0.4, -0.2) is 40.0 Å². The number of likely N-dealkylation sites (tertiary alicyclic amines) is 1. The number of carbonyl (C=O) groups is 2. The van der Waals surface area contributed by atoms with Crippen molar-refractivity contribution < 1.29 is 14.7 Å². The fourth-order valence-corrected chi connectivity index (χ4v) is 6.28. The van der Waals surface area contributed by atoms with Crippen LogP contribution in [-0.2, 0) is 16.0 Å². The van der Waals surface area contributed by atoms with Crippen molar-refractivity contribution in [3.63, 3.8) is 0 Å². The fraction of sp³-hybridized carbons (Fsp3) is 0.516. The van der Waals surface area contributed by atoms with Gasteiger partial charge in [0.05, 0.1) is 0 Å². The molecule has 2 heterocycles. The van der Waals surface area contributed by atoms with Gasteiger partial charge < -0.3 is 15.0 Å². The summed E-state index contributed by atoms with van der Waals surface area (Å²) < 4.78 is 0. The van der Waals surface area contributed by atoms with Crippen LogP contribution >= 0.6 is 11.6 Å². The molecule has 3 fully saturated rings. The zero-order chi connectivity index (χ0) is 26.6. The number of amides is 1. The van der Waals surface area contributed by atoms with Gasteiger partial charge in [-0.2, -0.15) is 0 Å². The lowest BCUT2D eigenvalue weighted by molar-refractivity contribution is -0.138. The Labute approximate surface area is 229 Å². The Balaban J connectivity index is 1.28. The van der Waals surface area contributed by atoms with Gasteiger partial charge >= 0.3 is 5.97 Å². The molecule has 0 bridgehead atoms. The van der Waals surface area contributed by atoms with Crippen LogP contribution in [0.4, 0.5) is 0 Å². The van der Waals surface area contributed by atoms with Gasteiger partial charge in [0, 0.05) is 47.8 Å². The molecule has 1 aliphatic heterocycles. The number of H-pyrrole nitrogens is 1. The Bertz CT molecular complexity index is 1260. The van der Waals surface area contributed by atoms with E-state index in [1.165, 1.54) is 12.8 Å². The summed E-state index contributed by atoms with van der Waals surface area (Å²) in [7, 11) is 0. The summed E-state index contributed by atoms with van der Waals surface area (Å²) in [5.74, 6) is 0.379. The third-order valence-electron chi connectivity index (χ3n) is 8.45. The highest BCUT2D eigenvalue weighted by Crippen LogP contribution is 2.39. The van der Waals surface area contributed by atoms with Crippen LogP contribution in [0.3, 0.4) is 0 Å². The lowest BCUT2D eigenvalue weighted by Gasteiger charge is -2.31. The van der Waals surface area contributed by atoms with E-state index < -0.39 is 5.97 Å². The molecule has 0 radical (unpaired) electrons. The summed E-state index contributed by atoms with van der Waals surface area (Å²) in [5, 5.41) is 9.63. The predicted molar refractivity (Wildman–Crippen MR) is 149 cm³/mol. The van der Waals surface area contributed by atoms with Crippen LogP contribution in [0.25, 0.3) is 5.57 Å². The number of aliphatic carboxylic acids is 1. The van der Waals surface area contributed by atoms with Gasteiger partial charge in [0.1, 0.15) is 0 Å². The lowest BCUT2D eigenvalue weighted by Crippen LogP contribution is -2.39. The summed E-state index contributed by atoms with van der Waals surface area (Å²) in [6, 6.07) is 10.0. The molecule has 202 valence electrons. The van der Waals surface area contributed by atoms with E-state index in [0.717, 1.165) is 66.5 Å². The number of aromatic nitrogens is 1. The van der Waals surface area contributed by atoms with E-state index in [1.807, 2.05) is 29.2 Å². The van der Waals surface area contributed by atoms with Crippen molar-refractivity contribution in [2.45, 2.75) is 76.5 Å².